The van der Waals surface area contributed by atoms with E-state index in [1.165, 1.54) is 30.5 Å². The Balaban J connectivity index is 0.00000229. The third kappa shape index (κ3) is 3.38. The number of carbonyl (C=O) groups excluding carboxylic acids is 1. The maximum absolute atomic E-state index is 13.3. The highest BCUT2D eigenvalue weighted by Gasteiger charge is 2.73. The van der Waals surface area contributed by atoms with Gasteiger partial charge >= 0.3 is 0 Å². The van der Waals surface area contributed by atoms with E-state index in [1.54, 1.807) is 0 Å². The number of carbonyl (C=O) groups is 1. The van der Waals surface area contributed by atoms with Crippen LogP contribution in [0.5, 0.6) is 5.75 Å². The number of fused-ring (bicyclic) bond motifs is 4. The number of rotatable bonds is 5. The van der Waals surface area contributed by atoms with Gasteiger partial charge in [-0.2, -0.15) is 0 Å². The summed E-state index contributed by atoms with van der Waals surface area (Å²) in [5.41, 5.74) is 3.14. The van der Waals surface area contributed by atoms with Gasteiger partial charge in [-0.3, -0.25) is 9.69 Å². The van der Waals surface area contributed by atoms with E-state index in [0.29, 0.717) is 24.1 Å². The predicted molar refractivity (Wildman–Crippen MR) is 137 cm³/mol. The molecule has 4 bridgehead atoms. The van der Waals surface area contributed by atoms with E-state index in [9.17, 15) is 9.90 Å². The summed E-state index contributed by atoms with van der Waals surface area (Å²) in [4.78, 5) is 18.0. The third-order valence-corrected chi connectivity index (χ3v) is 9.62. The van der Waals surface area contributed by atoms with Gasteiger partial charge in [-0.15, -0.1) is 12.4 Å². The zero-order valence-electron chi connectivity index (χ0n) is 20.4. The number of phenolic OH excluding ortho intramolecular Hbond substituents is 1. The van der Waals surface area contributed by atoms with Gasteiger partial charge in [0.25, 0.3) is 5.91 Å². The number of hydrogen-bond acceptors (Lipinski definition) is 4. The number of aromatic hydroxyl groups is 1. The number of ether oxygens (including phenoxy) is 1. The Labute approximate surface area is 213 Å². The molecule has 186 valence electrons. The summed E-state index contributed by atoms with van der Waals surface area (Å²) in [6.07, 6.45) is 7.12. The van der Waals surface area contributed by atoms with Gasteiger partial charge in [0.1, 0.15) is 5.75 Å². The Bertz CT molecular complexity index is 1140. The normalized spacial score (nSPS) is 34.6. The lowest BCUT2D eigenvalue weighted by Gasteiger charge is -2.61. The maximum atomic E-state index is 13.3. The molecule has 3 heterocycles. The van der Waals surface area contributed by atoms with Crippen LogP contribution >= 0.6 is 12.4 Å². The molecule has 5 atom stereocenters. The number of halogens is 1. The van der Waals surface area contributed by atoms with Crippen molar-refractivity contribution in [3.05, 3.63) is 65.2 Å². The first-order chi connectivity index (χ1) is 16.5. The van der Waals surface area contributed by atoms with Crippen molar-refractivity contribution in [1.82, 2.24) is 9.80 Å². The van der Waals surface area contributed by atoms with E-state index in [0.717, 1.165) is 43.7 Å². The molecule has 3 aliphatic heterocycles. The van der Waals surface area contributed by atoms with Gasteiger partial charge in [0.15, 0.2) is 0 Å². The zero-order chi connectivity index (χ0) is 23.1. The molecular formula is C29H35ClN2O3. The number of benzene rings is 2. The van der Waals surface area contributed by atoms with Crippen molar-refractivity contribution in [1.29, 1.82) is 0 Å². The number of nitrogens with zero attached hydrogens (tertiary/aromatic N) is 2. The summed E-state index contributed by atoms with van der Waals surface area (Å²) < 4.78 is 7.06. The average Bonchev–Trinajstić information content (AvgIpc) is 3.50. The molecule has 2 aromatic carbocycles. The Kier molecular flexibility index (Phi) is 5.48. The van der Waals surface area contributed by atoms with E-state index in [4.69, 9.17) is 4.74 Å². The van der Waals surface area contributed by atoms with Crippen molar-refractivity contribution in [3.63, 3.8) is 0 Å². The van der Waals surface area contributed by atoms with Crippen molar-refractivity contribution in [2.45, 2.75) is 61.7 Å². The predicted octanol–water partition coefficient (Wildman–Crippen LogP) is 4.63. The largest absolute Gasteiger partial charge is 0.508 e. The smallest absolute Gasteiger partial charge is 0.253 e. The van der Waals surface area contributed by atoms with Gasteiger partial charge in [0.2, 0.25) is 0 Å². The molecule has 1 amide bonds. The van der Waals surface area contributed by atoms with Crippen LogP contribution in [0.25, 0.3) is 0 Å². The molecule has 0 spiro atoms. The van der Waals surface area contributed by atoms with Crippen molar-refractivity contribution < 1.29 is 14.6 Å². The average molecular weight is 495 g/mol. The summed E-state index contributed by atoms with van der Waals surface area (Å²) in [6, 6.07) is 15.6. The van der Waals surface area contributed by atoms with Gasteiger partial charge in [-0.05, 0) is 92.3 Å². The molecule has 3 saturated heterocycles. The molecule has 0 aromatic heterocycles. The number of hydrogen-bond donors (Lipinski definition) is 1. The standard InChI is InChI=1S/C29H34N2O3.ClH/c1-30(27(33)20-5-3-2-4-6-20)18-28-13-11-25(34-28)29-16-21-9-10-22(32)15-24(21)23(26(28)29)12-14-31(29)17-19-7-8-19;/h2-6,9-10,15,19,23,25-26,32H,7-8,11-14,16-18H2,1H3;1H/t23?,25?,26?,28-,29?;/m0./s1. The van der Waals surface area contributed by atoms with Gasteiger partial charge in [0, 0.05) is 25.1 Å². The van der Waals surface area contributed by atoms with Crippen LogP contribution in [-0.2, 0) is 11.2 Å². The molecule has 5 nitrogen and oxygen atoms in total. The number of piperidine rings is 1. The molecule has 6 heteroatoms. The molecule has 5 aliphatic rings. The van der Waals surface area contributed by atoms with E-state index in [1.807, 2.05) is 54.4 Å². The van der Waals surface area contributed by atoms with Crippen LogP contribution in [0.4, 0.5) is 0 Å². The van der Waals surface area contributed by atoms with E-state index in [-0.39, 0.29) is 35.6 Å². The fourth-order valence-electron chi connectivity index (χ4n) is 8.22. The third-order valence-electron chi connectivity index (χ3n) is 9.62. The fourth-order valence-corrected chi connectivity index (χ4v) is 8.22. The molecule has 1 N–H and O–H groups in total. The maximum Gasteiger partial charge on any atom is 0.253 e. The second kappa shape index (κ2) is 8.22. The van der Waals surface area contributed by atoms with E-state index < -0.39 is 0 Å². The molecule has 4 fully saturated rings. The van der Waals surface area contributed by atoms with Crippen LogP contribution in [0.3, 0.4) is 0 Å². The zero-order valence-corrected chi connectivity index (χ0v) is 21.2. The number of likely N-dealkylation sites (tertiary alicyclic amines) is 1. The van der Waals surface area contributed by atoms with Crippen molar-refractivity contribution in [2.24, 2.45) is 11.8 Å². The van der Waals surface area contributed by atoms with Crippen molar-refractivity contribution in [2.75, 3.05) is 26.7 Å². The minimum atomic E-state index is -0.320. The molecule has 35 heavy (non-hydrogen) atoms. The van der Waals surface area contributed by atoms with Crippen molar-refractivity contribution >= 4 is 18.3 Å². The van der Waals surface area contributed by atoms with Crippen LogP contribution in [0.2, 0.25) is 0 Å². The van der Waals surface area contributed by atoms with E-state index >= 15 is 0 Å². The molecule has 4 unspecified atom stereocenters. The fraction of sp³-hybridized carbons (Fsp3) is 0.552. The highest BCUT2D eigenvalue weighted by Crippen LogP contribution is 2.66. The second-order valence-electron chi connectivity index (χ2n) is 11.6. The Morgan fingerprint density at radius 3 is 2.71 bits per heavy atom. The molecule has 1 saturated carbocycles. The first kappa shape index (κ1) is 23.3. The highest BCUT2D eigenvalue weighted by molar-refractivity contribution is 5.94. The van der Waals surface area contributed by atoms with Crippen LogP contribution < -0.4 is 0 Å². The summed E-state index contributed by atoms with van der Waals surface area (Å²) in [5.74, 6) is 1.99. The molecule has 0 radical (unpaired) electrons. The van der Waals surface area contributed by atoms with Crippen LogP contribution in [0.1, 0.15) is 59.5 Å². The lowest BCUT2D eigenvalue weighted by molar-refractivity contribution is -0.0598. The monoisotopic (exact) mass is 494 g/mol. The molecule has 2 aromatic rings. The highest BCUT2D eigenvalue weighted by atomic mass is 35.5. The molecule has 2 aliphatic carbocycles. The summed E-state index contributed by atoms with van der Waals surface area (Å²) in [6.45, 7) is 2.93. The van der Waals surface area contributed by atoms with Gasteiger partial charge < -0.3 is 14.7 Å². The summed E-state index contributed by atoms with van der Waals surface area (Å²) in [5, 5.41) is 10.3. The Morgan fingerprint density at radius 1 is 1.14 bits per heavy atom. The minimum Gasteiger partial charge on any atom is -0.508 e. The van der Waals surface area contributed by atoms with Crippen LogP contribution in [0, 0.1) is 11.8 Å². The lowest BCUT2D eigenvalue weighted by Crippen LogP contribution is -2.70. The Hall–Kier alpha value is -2.08. The number of amides is 1. The second-order valence-corrected chi connectivity index (χ2v) is 11.6. The lowest BCUT2D eigenvalue weighted by atomic mass is 9.52. The SMILES string of the molecule is CN(C[C@]12CCC(O1)C13Cc4ccc(O)cc4C(CCN1CC1CC1)C32)C(=O)c1ccccc1.Cl. The van der Waals surface area contributed by atoms with Gasteiger partial charge in [0.05, 0.1) is 23.8 Å². The van der Waals surface area contributed by atoms with Crippen LogP contribution in [0.15, 0.2) is 48.5 Å². The van der Waals surface area contributed by atoms with Crippen LogP contribution in [-0.4, -0.2) is 64.7 Å². The quantitative estimate of drug-likeness (QED) is 0.658. The molecule has 7 rings (SSSR count). The minimum absolute atomic E-state index is 0. The Morgan fingerprint density at radius 2 is 1.94 bits per heavy atom. The summed E-state index contributed by atoms with van der Waals surface area (Å²) in [7, 11) is 1.94. The number of likely N-dealkylation sites (N-methyl/N-ethyl adjacent to an activating group) is 1. The first-order valence-corrected chi connectivity index (χ1v) is 13.1. The number of phenols is 1. The summed E-state index contributed by atoms with van der Waals surface area (Å²) >= 11 is 0. The van der Waals surface area contributed by atoms with Crippen molar-refractivity contribution in [3.8, 4) is 5.75 Å². The van der Waals surface area contributed by atoms with Gasteiger partial charge in [-0.1, -0.05) is 24.3 Å². The van der Waals surface area contributed by atoms with Gasteiger partial charge in [-0.25, -0.2) is 0 Å². The topological polar surface area (TPSA) is 53.0 Å². The molecular weight excluding hydrogens is 460 g/mol. The first-order valence-electron chi connectivity index (χ1n) is 13.1. The van der Waals surface area contributed by atoms with E-state index in [2.05, 4.69) is 11.0 Å².